The van der Waals surface area contributed by atoms with Crippen LogP contribution >= 0.6 is 11.6 Å². The quantitative estimate of drug-likeness (QED) is 0.753. The largest absolute Gasteiger partial charge is 0.366 e. The summed E-state index contributed by atoms with van der Waals surface area (Å²) in [4.78, 5) is 4.44. The van der Waals surface area contributed by atoms with Crippen molar-refractivity contribution in [3.63, 3.8) is 0 Å². The highest BCUT2D eigenvalue weighted by Crippen LogP contribution is 2.16. The Morgan fingerprint density at radius 2 is 2.29 bits per heavy atom. The fourth-order valence-electron chi connectivity index (χ4n) is 1.61. The molecule has 1 heterocycles. The van der Waals surface area contributed by atoms with Crippen molar-refractivity contribution in [2.75, 3.05) is 6.54 Å². The van der Waals surface area contributed by atoms with Gasteiger partial charge in [0.2, 0.25) is 0 Å². The molecule has 1 unspecified atom stereocenters. The van der Waals surface area contributed by atoms with E-state index in [4.69, 9.17) is 11.6 Å². The van der Waals surface area contributed by atoms with E-state index in [0.29, 0.717) is 6.04 Å². The Bertz CT molecular complexity index is 385. The third-order valence-corrected chi connectivity index (χ3v) is 2.59. The van der Waals surface area contributed by atoms with Crippen LogP contribution in [0.5, 0.6) is 0 Å². The smallest absolute Gasteiger partial charge is 0.128 e. The summed E-state index contributed by atoms with van der Waals surface area (Å²) in [7, 11) is 0. The van der Waals surface area contributed by atoms with Crippen molar-refractivity contribution in [3.05, 3.63) is 34.3 Å². The number of amidine groups is 1. The normalized spacial score (nSPS) is 20.5. The zero-order valence-electron chi connectivity index (χ0n) is 8.34. The van der Waals surface area contributed by atoms with Crippen LogP contribution in [0.15, 0.2) is 23.2 Å². The van der Waals surface area contributed by atoms with Crippen LogP contribution in [-0.2, 0) is 0 Å². The van der Waals surface area contributed by atoms with E-state index in [1.54, 1.807) is 0 Å². The Hall–Kier alpha value is -1.02. The molecule has 1 aliphatic heterocycles. The number of rotatable bonds is 1. The molecule has 0 aromatic heterocycles. The van der Waals surface area contributed by atoms with Gasteiger partial charge in [-0.2, -0.15) is 0 Å². The maximum absolute atomic E-state index is 5.89. The van der Waals surface area contributed by atoms with Gasteiger partial charge in [0.05, 0.1) is 6.54 Å². The number of aryl methyl sites for hydroxylation is 1. The fraction of sp³-hybridized carbons (Fsp3) is 0.364. The lowest BCUT2D eigenvalue weighted by atomic mass is 10.1. The predicted octanol–water partition coefficient (Wildman–Crippen LogP) is 2.39. The molecule has 0 bridgehead atoms. The first-order chi connectivity index (χ1) is 6.66. The second kappa shape index (κ2) is 3.62. The average molecular weight is 209 g/mol. The zero-order chi connectivity index (χ0) is 10.1. The molecule has 0 saturated heterocycles. The van der Waals surface area contributed by atoms with E-state index in [1.165, 1.54) is 0 Å². The number of nitrogens with zero attached hydrogens (tertiary/aromatic N) is 1. The Morgan fingerprint density at radius 3 is 2.86 bits per heavy atom. The lowest BCUT2D eigenvalue weighted by molar-refractivity contribution is 0.726. The number of halogens is 1. The highest BCUT2D eigenvalue weighted by atomic mass is 35.5. The van der Waals surface area contributed by atoms with Gasteiger partial charge in [0.25, 0.3) is 0 Å². The number of nitrogens with one attached hydrogen (secondary N) is 1. The summed E-state index contributed by atoms with van der Waals surface area (Å²) in [5.74, 6) is 0.992. The zero-order valence-corrected chi connectivity index (χ0v) is 9.10. The monoisotopic (exact) mass is 208 g/mol. The van der Waals surface area contributed by atoms with Crippen molar-refractivity contribution in [2.24, 2.45) is 4.99 Å². The maximum atomic E-state index is 5.89. The molecule has 1 N–H and O–H groups in total. The van der Waals surface area contributed by atoms with Gasteiger partial charge < -0.3 is 5.32 Å². The van der Waals surface area contributed by atoms with Gasteiger partial charge in [0, 0.05) is 16.6 Å². The van der Waals surface area contributed by atoms with Crippen LogP contribution in [0, 0.1) is 6.92 Å². The second-order valence-corrected chi connectivity index (χ2v) is 4.13. The van der Waals surface area contributed by atoms with Gasteiger partial charge >= 0.3 is 0 Å². The van der Waals surface area contributed by atoms with E-state index in [0.717, 1.165) is 28.5 Å². The Balaban J connectivity index is 2.33. The minimum atomic E-state index is 0.445. The third kappa shape index (κ3) is 1.75. The maximum Gasteiger partial charge on any atom is 0.128 e. The summed E-state index contributed by atoms with van der Waals surface area (Å²) in [6.45, 7) is 5.04. The molecule has 2 nitrogen and oxygen atoms in total. The van der Waals surface area contributed by atoms with Gasteiger partial charge in [-0.3, -0.25) is 4.99 Å². The topological polar surface area (TPSA) is 24.4 Å². The van der Waals surface area contributed by atoms with E-state index in [2.05, 4.69) is 24.2 Å². The number of aliphatic imine (C=N–C) groups is 1. The van der Waals surface area contributed by atoms with Crippen LogP contribution in [0.3, 0.4) is 0 Å². The van der Waals surface area contributed by atoms with Crippen LogP contribution < -0.4 is 5.32 Å². The molecule has 0 amide bonds. The Morgan fingerprint density at radius 1 is 1.50 bits per heavy atom. The summed E-state index contributed by atoms with van der Waals surface area (Å²) in [6.07, 6.45) is 0. The molecular weight excluding hydrogens is 196 g/mol. The minimum absolute atomic E-state index is 0.445. The molecule has 1 aliphatic rings. The highest BCUT2D eigenvalue weighted by Gasteiger charge is 2.15. The van der Waals surface area contributed by atoms with Crippen LogP contribution in [0.25, 0.3) is 0 Å². The fourth-order valence-corrected chi connectivity index (χ4v) is 1.84. The first-order valence-corrected chi connectivity index (χ1v) is 5.12. The lowest BCUT2D eigenvalue weighted by Gasteiger charge is -2.08. The van der Waals surface area contributed by atoms with Crippen molar-refractivity contribution in [2.45, 2.75) is 19.9 Å². The molecule has 1 aromatic carbocycles. The van der Waals surface area contributed by atoms with Crippen molar-refractivity contribution in [3.8, 4) is 0 Å². The summed E-state index contributed by atoms with van der Waals surface area (Å²) < 4.78 is 0. The van der Waals surface area contributed by atoms with E-state index in [-0.39, 0.29) is 0 Å². The lowest BCUT2D eigenvalue weighted by Crippen LogP contribution is -2.28. The molecule has 0 fully saturated rings. The van der Waals surface area contributed by atoms with Crippen LogP contribution in [0.4, 0.5) is 0 Å². The van der Waals surface area contributed by atoms with Gasteiger partial charge in [-0.25, -0.2) is 0 Å². The van der Waals surface area contributed by atoms with E-state index < -0.39 is 0 Å². The first-order valence-electron chi connectivity index (χ1n) is 4.74. The van der Waals surface area contributed by atoms with Gasteiger partial charge in [-0.1, -0.05) is 11.6 Å². The Labute approximate surface area is 89.0 Å². The van der Waals surface area contributed by atoms with E-state index in [1.807, 2.05) is 18.2 Å². The molecule has 0 radical (unpaired) electrons. The Kier molecular flexibility index (Phi) is 2.46. The van der Waals surface area contributed by atoms with E-state index >= 15 is 0 Å². The summed E-state index contributed by atoms with van der Waals surface area (Å²) in [5.41, 5.74) is 2.32. The SMILES string of the molecule is Cc1cc(Cl)ccc1C1=NCC(C)N1. The highest BCUT2D eigenvalue weighted by molar-refractivity contribution is 6.30. The molecule has 0 saturated carbocycles. The number of benzene rings is 1. The standard InChI is InChI=1S/C11H13ClN2/c1-7-5-9(12)3-4-10(7)11-13-6-8(2)14-11/h3-5,8H,6H2,1-2H3,(H,13,14). The van der Waals surface area contributed by atoms with Gasteiger partial charge in [0.15, 0.2) is 0 Å². The summed E-state index contributed by atoms with van der Waals surface area (Å²) >= 11 is 5.89. The van der Waals surface area contributed by atoms with Crippen LogP contribution in [0.1, 0.15) is 18.1 Å². The summed E-state index contributed by atoms with van der Waals surface area (Å²) in [5, 5.41) is 4.11. The van der Waals surface area contributed by atoms with Crippen molar-refractivity contribution < 1.29 is 0 Å². The number of hydrogen-bond donors (Lipinski definition) is 1. The van der Waals surface area contributed by atoms with Crippen molar-refractivity contribution >= 4 is 17.4 Å². The molecule has 3 heteroatoms. The molecular formula is C11H13ClN2. The molecule has 2 rings (SSSR count). The van der Waals surface area contributed by atoms with Crippen molar-refractivity contribution in [1.82, 2.24) is 5.32 Å². The first kappa shape index (κ1) is 9.53. The number of hydrogen-bond acceptors (Lipinski definition) is 2. The summed E-state index contributed by atoms with van der Waals surface area (Å²) in [6, 6.07) is 6.32. The molecule has 1 aromatic rings. The van der Waals surface area contributed by atoms with Gasteiger partial charge in [0.1, 0.15) is 5.84 Å². The van der Waals surface area contributed by atoms with Gasteiger partial charge in [-0.15, -0.1) is 0 Å². The van der Waals surface area contributed by atoms with Gasteiger partial charge in [-0.05, 0) is 37.6 Å². The van der Waals surface area contributed by atoms with Crippen LogP contribution in [0.2, 0.25) is 5.02 Å². The molecule has 14 heavy (non-hydrogen) atoms. The second-order valence-electron chi connectivity index (χ2n) is 3.69. The molecule has 1 atom stereocenters. The van der Waals surface area contributed by atoms with E-state index in [9.17, 15) is 0 Å². The average Bonchev–Trinajstić information content (AvgIpc) is 2.51. The minimum Gasteiger partial charge on any atom is -0.366 e. The molecule has 74 valence electrons. The molecule has 0 spiro atoms. The van der Waals surface area contributed by atoms with Crippen LogP contribution in [-0.4, -0.2) is 18.4 Å². The van der Waals surface area contributed by atoms with Crippen molar-refractivity contribution in [1.29, 1.82) is 0 Å². The molecule has 0 aliphatic carbocycles. The third-order valence-electron chi connectivity index (χ3n) is 2.35. The predicted molar refractivity (Wildman–Crippen MR) is 60.2 cm³/mol.